The first kappa shape index (κ1) is 12.7. The summed E-state index contributed by atoms with van der Waals surface area (Å²) in [6.45, 7) is 10.2. The first-order valence-electron chi connectivity index (χ1n) is 5.00. The molecule has 0 bridgehead atoms. The Balaban J connectivity index is 2.97. The zero-order valence-corrected chi connectivity index (χ0v) is 11.5. The third kappa shape index (κ3) is 3.05. The fraction of sp³-hybridized carbons (Fsp3) is 0.636. The quantitative estimate of drug-likeness (QED) is 0.521. The van der Waals surface area contributed by atoms with E-state index in [1.165, 1.54) is 11.8 Å². The molecule has 1 aliphatic rings. The first-order chi connectivity index (χ1) is 6.72. The highest BCUT2D eigenvalue weighted by Gasteiger charge is 2.34. The minimum atomic E-state index is 0.0145. The molecule has 4 heteroatoms. The van der Waals surface area contributed by atoms with Gasteiger partial charge in [0.05, 0.1) is 4.91 Å². The Labute approximate surface area is 101 Å². The summed E-state index contributed by atoms with van der Waals surface area (Å²) < 4.78 is 0.672. The number of amides is 1. The average molecular weight is 243 g/mol. The molecule has 0 radical (unpaired) electrons. The summed E-state index contributed by atoms with van der Waals surface area (Å²) in [5.74, 6) is 0.0509. The van der Waals surface area contributed by atoms with E-state index in [2.05, 4.69) is 20.8 Å². The van der Waals surface area contributed by atoms with E-state index in [-0.39, 0.29) is 17.4 Å². The Morgan fingerprint density at radius 3 is 2.27 bits per heavy atom. The zero-order chi connectivity index (χ0) is 11.8. The summed E-state index contributed by atoms with van der Waals surface area (Å²) >= 11 is 6.59. The summed E-state index contributed by atoms with van der Waals surface area (Å²) in [5, 5.41) is 0. The first-order valence-corrected chi connectivity index (χ1v) is 6.23. The molecular weight excluding hydrogens is 226 g/mol. The number of hydrogen-bond acceptors (Lipinski definition) is 3. The molecule has 0 aromatic carbocycles. The van der Waals surface area contributed by atoms with E-state index in [9.17, 15) is 4.79 Å². The fourth-order valence-electron chi connectivity index (χ4n) is 1.32. The van der Waals surface area contributed by atoms with Gasteiger partial charge in [-0.1, -0.05) is 50.8 Å². The van der Waals surface area contributed by atoms with Crippen molar-refractivity contribution in [2.24, 2.45) is 5.41 Å². The second-order valence-electron chi connectivity index (χ2n) is 5.01. The topological polar surface area (TPSA) is 20.3 Å². The van der Waals surface area contributed by atoms with Crippen molar-refractivity contribution in [1.82, 2.24) is 4.90 Å². The lowest BCUT2D eigenvalue weighted by molar-refractivity contribution is -0.123. The van der Waals surface area contributed by atoms with Gasteiger partial charge in [-0.05, 0) is 19.3 Å². The molecule has 15 heavy (non-hydrogen) atoms. The number of rotatable bonds is 1. The van der Waals surface area contributed by atoms with Crippen molar-refractivity contribution in [3.05, 3.63) is 11.0 Å². The van der Waals surface area contributed by atoms with Gasteiger partial charge in [0, 0.05) is 6.04 Å². The molecule has 1 rings (SSSR count). The average Bonchev–Trinajstić information content (AvgIpc) is 2.23. The lowest BCUT2D eigenvalue weighted by Crippen LogP contribution is -2.34. The van der Waals surface area contributed by atoms with Crippen LogP contribution < -0.4 is 0 Å². The molecule has 1 amide bonds. The Bertz CT molecular complexity index is 326. The minimum absolute atomic E-state index is 0.0145. The predicted molar refractivity (Wildman–Crippen MR) is 69.7 cm³/mol. The van der Waals surface area contributed by atoms with Gasteiger partial charge in [0.1, 0.15) is 4.32 Å². The number of allylic oxidation sites excluding steroid dienone is 1. The number of carbonyl (C=O) groups is 1. The summed E-state index contributed by atoms with van der Waals surface area (Å²) in [6, 6.07) is 0.142. The molecule has 1 saturated heterocycles. The van der Waals surface area contributed by atoms with E-state index >= 15 is 0 Å². The smallest absolute Gasteiger partial charge is 0.266 e. The van der Waals surface area contributed by atoms with Gasteiger partial charge in [-0.2, -0.15) is 0 Å². The zero-order valence-electron chi connectivity index (χ0n) is 9.83. The van der Waals surface area contributed by atoms with Crippen molar-refractivity contribution in [3.63, 3.8) is 0 Å². The van der Waals surface area contributed by atoms with Gasteiger partial charge in [-0.25, -0.2) is 0 Å². The lowest BCUT2D eigenvalue weighted by Gasteiger charge is -2.19. The van der Waals surface area contributed by atoms with Gasteiger partial charge < -0.3 is 0 Å². The highest BCUT2D eigenvalue weighted by molar-refractivity contribution is 8.26. The Kier molecular flexibility index (Phi) is 3.61. The van der Waals surface area contributed by atoms with Crippen LogP contribution >= 0.6 is 24.0 Å². The Hall–Kier alpha value is -0.350. The van der Waals surface area contributed by atoms with Crippen molar-refractivity contribution >= 4 is 34.2 Å². The summed E-state index contributed by atoms with van der Waals surface area (Å²) in [5.41, 5.74) is 0.0145. The van der Waals surface area contributed by atoms with Crippen LogP contribution in [0.4, 0.5) is 0 Å². The second-order valence-corrected chi connectivity index (χ2v) is 6.69. The molecule has 0 aromatic rings. The normalized spacial score (nSPS) is 20.9. The van der Waals surface area contributed by atoms with Crippen molar-refractivity contribution < 1.29 is 4.79 Å². The molecular formula is C11H17NOS2. The molecule has 0 atom stereocenters. The van der Waals surface area contributed by atoms with Gasteiger partial charge >= 0.3 is 0 Å². The van der Waals surface area contributed by atoms with Gasteiger partial charge in [-0.15, -0.1) is 0 Å². The van der Waals surface area contributed by atoms with Crippen molar-refractivity contribution in [2.45, 2.75) is 40.7 Å². The number of thiocarbonyl (C=S) groups is 1. The van der Waals surface area contributed by atoms with Crippen LogP contribution in [0.5, 0.6) is 0 Å². The number of hydrogen-bond donors (Lipinski definition) is 0. The summed E-state index contributed by atoms with van der Waals surface area (Å²) in [6.07, 6.45) is 1.99. The van der Waals surface area contributed by atoms with Crippen LogP contribution in [0.2, 0.25) is 0 Å². The Morgan fingerprint density at radius 2 is 1.93 bits per heavy atom. The van der Waals surface area contributed by atoms with Crippen LogP contribution in [0.25, 0.3) is 0 Å². The largest absolute Gasteiger partial charge is 0.290 e. The van der Waals surface area contributed by atoms with Crippen LogP contribution in [-0.4, -0.2) is 21.2 Å². The third-order valence-electron chi connectivity index (χ3n) is 1.90. The maximum Gasteiger partial charge on any atom is 0.266 e. The molecule has 0 N–H and O–H groups in total. The number of thioether (sulfide) groups is 1. The standard InChI is InChI=1S/C11H17NOS2/c1-7(2)12-9(13)8(15-10(12)14)6-11(3,4)5/h6-7H,1-5H3/b8-6+. The van der Waals surface area contributed by atoms with Crippen LogP contribution in [-0.2, 0) is 4.79 Å². The van der Waals surface area contributed by atoms with E-state index in [1.54, 1.807) is 4.90 Å². The van der Waals surface area contributed by atoms with Crippen LogP contribution in [0.3, 0.4) is 0 Å². The fourth-order valence-corrected chi connectivity index (χ4v) is 3.06. The SMILES string of the molecule is CC(C)N1C(=O)/C(=C\C(C)(C)C)SC1=S. The third-order valence-corrected chi connectivity index (χ3v) is 3.23. The van der Waals surface area contributed by atoms with E-state index in [4.69, 9.17) is 12.2 Å². The monoisotopic (exact) mass is 243 g/mol. The molecule has 0 unspecified atom stereocenters. The Morgan fingerprint density at radius 1 is 1.40 bits per heavy atom. The predicted octanol–water partition coefficient (Wildman–Crippen LogP) is 3.19. The van der Waals surface area contributed by atoms with Gasteiger partial charge in [-0.3, -0.25) is 9.69 Å². The van der Waals surface area contributed by atoms with Crippen LogP contribution in [0.15, 0.2) is 11.0 Å². The molecule has 1 heterocycles. The van der Waals surface area contributed by atoms with Gasteiger partial charge in [0.25, 0.3) is 5.91 Å². The van der Waals surface area contributed by atoms with Crippen LogP contribution in [0, 0.1) is 5.41 Å². The molecule has 0 aromatic heterocycles. The van der Waals surface area contributed by atoms with Crippen molar-refractivity contribution in [1.29, 1.82) is 0 Å². The maximum absolute atomic E-state index is 12.0. The molecule has 1 fully saturated rings. The molecule has 0 spiro atoms. The van der Waals surface area contributed by atoms with Crippen LogP contribution in [0.1, 0.15) is 34.6 Å². The molecule has 0 saturated carbocycles. The van der Waals surface area contributed by atoms with E-state index < -0.39 is 0 Å². The lowest BCUT2D eigenvalue weighted by atomic mass is 9.96. The van der Waals surface area contributed by atoms with E-state index in [1.807, 2.05) is 19.9 Å². The summed E-state index contributed by atoms with van der Waals surface area (Å²) in [7, 11) is 0. The molecule has 1 aliphatic heterocycles. The summed E-state index contributed by atoms with van der Waals surface area (Å²) in [4.78, 5) is 14.4. The maximum atomic E-state index is 12.0. The molecule has 2 nitrogen and oxygen atoms in total. The van der Waals surface area contributed by atoms with Gasteiger partial charge in [0.15, 0.2) is 0 Å². The minimum Gasteiger partial charge on any atom is -0.290 e. The highest BCUT2D eigenvalue weighted by Crippen LogP contribution is 2.35. The number of carbonyl (C=O) groups excluding carboxylic acids is 1. The van der Waals surface area contributed by atoms with Crippen molar-refractivity contribution in [3.8, 4) is 0 Å². The van der Waals surface area contributed by atoms with Crippen molar-refractivity contribution in [2.75, 3.05) is 0 Å². The molecule has 0 aliphatic carbocycles. The molecule has 84 valence electrons. The van der Waals surface area contributed by atoms with Gasteiger partial charge in [0.2, 0.25) is 0 Å². The highest BCUT2D eigenvalue weighted by atomic mass is 32.2. The second kappa shape index (κ2) is 4.26. The van der Waals surface area contributed by atoms with E-state index in [0.717, 1.165) is 4.91 Å². The van der Waals surface area contributed by atoms with E-state index in [0.29, 0.717) is 4.32 Å². The number of nitrogens with zero attached hydrogens (tertiary/aromatic N) is 1.